The van der Waals surface area contributed by atoms with Gasteiger partial charge in [-0.25, -0.2) is 13.6 Å². The van der Waals surface area contributed by atoms with E-state index in [2.05, 4.69) is 21.0 Å². The lowest BCUT2D eigenvalue weighted by molar-refractivity contribution is -0.392. The average Bonchev–Trinajstić information content (AvgIpc) is 2.73. The summed E-state index contributed by atoms with van der Waals surface area (Å²) in [5.41, 5.74) is 0.803. The van der Waals surface area contributed by atoms with E-state index in [1.54, 1.807) is 18.2 Å². The Balaban J connectivity index is 2.42. The van der Waals surface area contributed by atoms with E-state index in [4.69, 9.17) is 5.14 Å². The van der Waals surface area contributed by atoms with Crippen molar-refractivity contribution in [3.05, 3.63) is 50.6 Å². The van der Waals surface area contributed by atoms with Crippen molar-refractivity contribution in [2.24, 2.45) is 5.14 Å². The van der Waals surface area contributed by atoms with Gasteiger partial charge >= 0.3 is 5.82 Å². The second-order valence-electron chi connectivity index (χ2n) is 3.95. The summed E-state index contributed by atoms with van der Waals surface area (Å²) in [6, 6.07) is 7.20. The van der Waals surface area contributed by atoms with Crippen LogP contribution < -0.4 is 5.14 Å². The van der Waals surface area contributed by atoms with Crippen LogP contribution in [0.5, 0.6) is 0 Å². The lowest BCUT2D eigenvalue weighted by atomic mass is 10.2. The predicted octanol–water partition coefficient (Wildman–Crippen LogP) is 1.25. The summed E-state index contributed by atoms with van der Waals surface area (Å²) in [5, 5.41) is 19.4. The highest BCUT2D eigenvalue weighted by atomic mass is 79.9. The van der Waals surface area contributed by atoms with Crippen LogP contribution in [0.1, 0.15) is 5.56 Å². The molecule has 0 radical (unpaired) electrons. The molecule has 1 aromatic carbocycles. The van der Waals surface area contributed by atoms with E-state index in [1.165, 1.54) is 4.68 Å². The molecule has 2 rings (SSSR count). The van der Waals surface area contributed by atoms with Gasteiger partial charge in [-0.05, 0) is 22.6 Å². The van der Waals surface area contributed by atoms with Gasteiger partial charge in [0.05, 0.1) is 17.8 Å². The van der Waals surface area contributed by atoms with Crippen LogP contribution in [0.25, 0.3) is 0 Å². The molecule has 106 valence electrons. The van der Waals surface area contributed by atoms with Gasteiger partial charge < -0.3 is 10.1 Å². The maximum atomic E-state index is 11.3. The highest BCUT2D eigenvalue weighted by Crippen LogP contribution is 2.21. The Morgan fingerprint density at radius 3 is 2.65 bits per heavy atom. The van der Waals surface area contributed by atoms with Crippen molar-refractivity contribution in [3.63, 3.8) is 0 Å². The smallest absolute Gasteiger partial charge is 0.358 e. The molecule has 1 aromatic heterocycles. The van der Waals surface area contributed by atoms with Crippen LogP contribution in [0.3, 0.4) is 0 Å². The van der Waals surface area contributed by atoms with Crippen molar-refractivity contribution >= 4 is 31.8 Å². The Labute approximate surface area is 122 Å². The largest absolute Gasteiger partial charge is 0.410 e. The number of benzene rings is 1. The van der Waals surface area contributed by atoms with E-state index in [-0.39, 0.29) is 6.54 Å². The molecule has 0 atom stereocenters. The van der Waals surface area contributed by atoms with E-state index in [9.17, 15) is 18.5 Å². The maximum Gasteiger partial charge on any atom is 0.410 e. The molecule has 0 spiro atoms. The van der Waals surface area contributed by atoms with Gasteiger partial charge in [-0.15, -0.1) is 0 Å². The van der Waals surface area contributed by atoms with Crippen molar-refractivity contribution in [2.75, 3.05) is 0 Å². The molecule has 0 aliphatic heterocycles. The maximum absolute atomic E-state index is 11.3. The minimum absolute atomic E-state index is 0.190. The topological polar surface area (TPSA) is 121 Å². The van der Waals surface area contributed by atoms with E-state index >= 15 is 0 Å². The molecular weight excluding hydrogens is 352 g/mol. The van der Waals surface area contributed by atoms with Crippen LogP contribution >= 0.6 is 15.9 Å². The van der Waals surface area contributed by atoms with Gasteiger partial charge in [0.1, 0.15) is 0 Å². The normalized spacial score (nSPS) is 11.5. The third-order valence-electron chi connectivity index (χ3n) is 2.42. The SMILES string of the molecule is NS(=O)(=O)c1cn(Cc2cccc(Br)c2)nc1[N+](=O)[O-]. The second kappa shape index (κ2) is 5.31. The van der Waals surface area contributed by atoms with Gasteiger partial charge in [0.25, 0.3) is 0 Å². The van der Waals surface area contributed by atoms with Gasteiger partial charge in [0, 0.05) is 4.47 Å². The molecule has 0 aliphatic rings. The van der Waals surface area contributed by atoms with Crippen LogP contribution in [0.4, 0.5) is 5.82 Å². The summed E-state index contributed by atoms with van der Waals surface area (Å²) in [6.45, 7) is 0.190. The van der Waals surface area contributed by atoms with E-state index in [1.807, 2.05) is 6.07 Å². The first-order valence-electron chi connectivity index (χ1n) is 5.26. The Morgan fingerprint density at radius 2 is 2.15 bits per heavy atom. The highest BCUT2D eigenvalue weighted by molar-refractivity contribution is 9.10. The summed E-state index contributed by atoms with van der Waals surface area (Å²) < 4.78 is 24.6. The molecule has 0 fully saturated rings. The van der Waals surface area contributed by atoms with E-state index in [0.29, 0.717) is 0 Å². The average molecular weight is 361 g/mol. The van der Waals surface area contributed by atoms with Gasteiger partial charge in [-0.3, -0.25) is 0 Å². The van der Waals surface area contributed by atoms with Crippen LogP contribution in [0.15, 0.2) is 39.8 Å². The first-order chi connectivity index (χ1) is 9.27. The number of hydrogen-bond acceptors (Lipinski definition) is 5. The standard InChI is InChI=1S/C10H9BrN4O4S/c11-8-3-1-2-7(4-8)5-14-6-9(20(12,18)19)10(13-14)15(16)17/h1-4,6H,5H2,(H2,12,18,19). The fourth-order valence-electron chi connectivity index (χ4n) is 1.62. The molecule has 2 aromatic rings. The van der Waals surface area contributed by atoms with Gasteiger partial charge in [0.15, 0.2) is 0 Å². The second-order valence-corrected chi connectivity index (χ2v) is 6.39. The number of halogens is 1. The third-order valence-corrected chi connectivity index (χ3v) is 3.82. The summed E-state index contributed by atoms with van der Waals surface area (Å²) in [4.78, 5) is 9.31. The number of rotatable bonds is 4. The zero-order valence-electron chi connectivity index (χ0n) is 9.93. The van der Waals surface area contributed by atoms with Gasteiger partial charge in [0.2, 0.25) is 14.9 Å². The molecule has 8 nitrogen and oxygen atoms in total. The fraction of sp³-hybridized carbons (Fsp3) is 0.100. The third kappa shape index (κ3) is 3.21. The summed E-state index contributed by atoms with van der Waals surface area (Å²) in [7, 11) is -4.19. The van der Waals surface area contributed by atoms with Crippen LogP contribution in [0.2, 0.25) is 0 Å². The van der Waals surface area contributed by atoms with Crippen LogP contribution in [-0.2, 0) is 16.6 Å². The first kappa shape index (κ1) is 14.6. The molecule has 0 amide bonds. The summed E-state index contributed by atoms with van der Waals surface area (Å²) in [5.74, 6) is -0.775. The van der Waals surface area contributed by atoms with Crippen molar-refractivity contribution < 1.29 is 13.3 Å². The predicted molar refractivity (Wildman–Crippen MR) is 73.5 cm³/mol. The van der Waals surface area contributed by atoms with Crippen LogP contribution in [-0.4, -0.2) is 23.1 Å². The summed E-state index contributed by atoms with van der Waals surface area (Å²) in [6.07, 6.45) is 1.05. The molecule has 10 heteroatoms. The molecule has 0 unspecified atom stereocenters. The molecule has 1 heterocycles. The Hall–Kier alpha value is -1.78. The molecule has 0 saturated carbocycles. The van der Waals surface area contributed by atoms with Crippen molar-refractivity contribution in [1.29, 1.82) is 0 Å². The van der Waals surface area contributed by atoms with Crippen molar-refractivity contribution in [3.8, 4) is 0 Å². The Kier molecular flexibility index (Phi) is 3.88. The highest BCUT2D eigenvalue weighted by Gasteiger charge is 2.28. The summed E-state index contributed by atoms with van der Waals surface area (Å²) >= 11 is 3.30. The first-order valence-corrected chi connectivity index (χ1v) is 7.60. The number of sulfonamides is 1. The number of primary sulfonamides is 1. The number of hydrogen-bond donors (Lipinski definition) is 1. The zero-order valence-corrected chi connectivity index (χ0v) is 12.3. The molecule has 0 saturated heterocycles. The van der Waals surface area contributed by atoms with Gasteiger partial charge in [-0.2, -0.15) is 4.68 Å². The Bertz CT molecular complexity index is 771. The minimum Gasteiger partial charge on any atom is -0.358 e. The molecule has 2 N–H and O–H groups in total. The zero-order chi connectivity index (χ0) is 14.9. The minimum atomic E-state index is -4.19. The fourth-order valence-corrected chi connectivity index (χ4v) is 2.71. The lowest BCUT2D eigenvalue weighted by Crippen LogP contribution is -2.13. The lowest BCUT2D eigenvalue weighted by Gasteiger charge is -1.98. The van der Waals surface area contributed by atoms with Crippen LogP contribution in [0, 0.1) is 10.1 Å². The number of nitrogens with zero attached hydrogens (tertiary/aromatic N) is 3. The monoisotopic (exact) mass is 360 g/mol. The molecular formula is C10H9BrN4O4S. The van der Waals surface area contributed by atoms with E-state index in [0.717, 1.165) is 16.2 Å². The van der Waals surface area contributed by atoms with Gasteiger partial charge in [-0.1, -0.05) is 28.1 Å². The van der Waals surface area contributed by atoms with Crippen molar-refractivity contribution in [2.45, 2.75) is 11.4 Å². The Morgan fingerprint density at radius 1 is 1.45 bits per heavy atom. The molecule has 20 heavy (non-hydrogen) atoms. The number of nitrogens with two attached hydrogens (primary N) is 1. The van der Waals surface area contributed by atoms with Crippen molar-refractivity contribution in [1.82, 2.24) is 9.78 Å². The number of nitro groups is 1. The quantitative estimate of drug-likeness (QED) is 0.649. The molecule has 0 aliphatic carbocycles. The van der Waals surface area contributed by atoms with E-state index < -0.39 is 25.7 Å². The number of aromatic nitrogens is 2. The molecule has 0 bridgehead atoms.